The van der Waals surface area contributed by atoms with E-state index in [9.17, 15) is 9.50 Å². The number of nitrogens with zero attached hydrogens (tertiary/aromatic N) is 3. The van der Waals surface area contributed by atoms with Crippen LogP contribution in [0.3, 0.4) is 0 Å². The van der Waals surface area contributed by atoms with Crippen LogP contribution in [0.15, 0.2) is 27.7 Å². The van der Waals surface area contributed by atoms with Crippen LogP contribution in [-0.2, 0) is 16.0 Å². The van der Waals surface area contributed by atoms with Crippen molar-refractivity contribution in [1.82, 2.24) is 15.4 Å². The average Bonchev–Trinajstić information content (AvgIpc) is 2.65. The Kier molecular flexibility index (Phi) is 7.58. The summed E-state index contributed by atoms with van der Waals surface area (Å²) in [6, 6.07) is 4.24. The van der Waals surface area contributed by atoms with Gasteiger partial charge in [0.15, 0.2) is 11.6 Å². The second kappa shape index (κ2) is 9.99. The molecule has 0 aliphatic carbocycles. The standard InChI is InChI=1S/C21H27BrFN5O3/c1-12-18-17(27-20(24)25-12)11-16(14-7-6-13(23)10-15(14)22)26-19(18)28-31-9-5-4-8-30-21(2,3)29/h6-7,10,16,29H,4-5,8-9,11H2,1-3H3,(H,26,28)(H2,24,25,27). The first-order valence-corrected chi connectivity index (χ1v) is 10.8. The van der Waals surface area contributed by atoms with Crippen LogP contribution in [0.25, 0.3) is 0 Å². The summed E-state index contributed by atoms with van der Waals surface area (Å²) in [5, 5.41) is 9.56. The third kappa shape index (κ3) is 6.42. The molecule has 8 nitrogen and oxygen atoms in total. The van der Waals surface area contributed by atoms with Gasteiger partial charge in [-0.3, -0.25) is 9.83 Å². The zero-order valence-corrected chi connectivity index (χ0v) is 19.4. The van der Waals surface area contributed by atoms with Crippen LogP contribution in [0.1, 0.15) is 55.2 Å². The van der Waals surface area contributed by atoms with Crippen LogP contribution in [0.5, 0.6) is 0 Å². The summed E-state index contributed by atoms with van der Waals surface area (Å²) in [5.41, 5.74) is 11.8. The Morgan fingerprint density at radius 2 is 2.03 bits per heavy atom. The van der Waals surface area contributed by atoms with Gasteiger partial charge in [-0.25, -0.2) is 19.8 Å². The lowest BCUT2D eigenvalue weighted by atomic mass is 9.95. The Morgan fingerprint density at radius 3 is 2.74 bits per heavy atom. The van der Waals surface area contributed by atoms with Crippen LogP contribution < -0.4 is 11.2 Å². The monoisotopic (exact) mass is 495 g/mol. The summed E-state index contributed by atoms with van der Waals surface area (Å²) >= 11 is 3.43. The number of benzene rings is 1. The smallest absolute Gasteiger partial charge is 0.220 e. The quantitative estimate of drug-likeness (QED) is 0.292. The molecule has 3 rings (SSSR count). The first-order chi connectivity index (χ1) is 14.6. The van der Waals surface area contributed by atoms with Gasteiger partial charge in [-0.1, -0.05) is 22.0 Å². The number of nitrogen functional groups attached to an aromatic ring is 1. The normalized spacial score (nSPS) is 16.1. The maximum atomic E-state index is 13.5. The number of aliphatic hydroxyl groups is 1. The van der Waals surface area contributed by atoms with Crippen molar-refractivity contribution in [2.75, 3.05) is 18.9 Å². The van der Waals surface area contributed by atoms with Crippen molar-refractivity contribution in [2.24, 2.45) is 4.99 Å². The molecule has 1 aromatic carbocycles. The van der Waals surface area contributed by atoms with E-state index in [1.54, 1.807) is 19.9 Å². The Morgan fingerprint density at radius 1 is 1.29 bits per heavy atom. The maximum absolute atomic E-state index is 13.5. The van der Waals surface area contributed by atoms with Crippen LogP contribution >= 0.6 is 15.9 Å². The Bertz CT molecular complexity index is 965. The van der Waals surface area contributed by atoms with Crippen LogP contribution in [0.4, 0.5) is 10.3 Å². The third-order valence-electron chi connectivity index (χ3n) is 4.68. The van der Waals surface area contributed by atoms with Crippen molar-refractivity contribution in [3.8, 4) is 0 Å². The van der Waals surface area contributed by atoms with E-state index < -0.39 is 5.79 Å². The minimum Gasteiger partial charge on any atom is -0.368 e. The maximum Gasteiger partial charge on any atom is 0.220 e. The minimum atomic E-state index is -1.14. The van der Waals surface area contributed by atoms with Gasteiger partial charge < -0.3 is 15.6 Å². The van der Waals surface area contributed by atoms with E-state index in [0.717, 1.165) is 29.7 Å². The predicted octanol–water partition coefficient (Wildman–Crippen LogP) is 3.36. The molecular formula is C21H27BrFN5O3. The van der Waals surface area contributed by atoms with E-state index in [1.165, 1.54) is 12.1 Å². The number of fused-ring (bicyclic) bond motifs is 1. The summed E-state index contributed by atoms with van der Waals surface area (Å²) in [6.45, 7) is 5.89. The molecule has 2 heterocycles. The predicted molar refractivity (Wildman–Crippen MR) is 119 cm³/mol. The van der Waals surface area contributed by atoms with Crippen LogP contribution in [0.2, 0.25) is 0 Å². The van der Waals surface area contributed by atoms with Gasteiger partial charge in [0.1, 0.15) is 5.82 Å². The van der Waals surface area contributed by atoms with Crippen molar-refractivity contribution < 1.29 is 19.1 Å². The topological polar surface area (TPSA) is 115 Å². The fourth-order valence-corrected chi connectivity index (χ4v) is 3.92. The second-order valence-electron chi connectivity index (χ2n) is 7.81. The van der Waals surface area contributed by atoms with E-state index in [4.69, 9.17) is 20.3 Å². The summed E-state index contributed by atoms with van der Waals surface area (Å²) in [6.07, 6.45) is 1.97. The molecule has 0 bridgehead atoms. The van der Waals surface area contributed by atoms with E-state index in [-0.39, 0.29) is 17.8 Å². The van der Waals surface area contributed by atoms with Crippen molar-refractivity contribution >= 4 is 27.7 Å². The number of aliphatic imine (C=N–C) groups is 1. The lowest BCUT2D eigenvalue weighted by Gasteiger charge is -2.25. The number of hydrogen-bond acceptors (Lipinski definition) is 8. The molecule has 1 unspecified atom stereocenters. The number of nitrogens with two attached hydrogens (primary N) is 1. The molecule has 2 aromatic rings. The number of aromatic nitrogens is 2. The molecular weight excluding hydrogens is 469 g/mol. The molecule has 1 atom stereocenters. The number of amidine groups is 1. The van der Waals surface area contributed by atoms with Crippen molar-refractivity contribution in [3.05, 3.63) is 51.0 Å². The highest BCUT2D eigenvalue weighted by molar-refractivity contribution is 9.10. The molecule has 0 fully saturated rings. The number of unbranched alkanes of at least 4 members (excludes halogenated alkanes) is 1. The molecule has 0 spiro atoms. The van der Waals surface area contributed by atoms with Crippen molar-refractivity contribution in [1.29, 1.82) is 0 Å². The van der Waals surface area contributed by atoms with Gasteiger partial charge in [-0.05, 0) is 51.3 Å². The number of ether oxygens (including phenoxy) is 1. The van der Waals surface area contributed by atoms with Crippen LogP contribution in [0, 0.1) is 12.7 Å². The molecule has 0 amide bonds. The summed E-state index contributed by atoms with van der Waals surface area (Å²) in [5.74, 6) is -0.758. The number of aryl methyl sites for hydroxylation is 1. The van der Waals surface area contributed by atoms with Gasteiger partial charge in [0.25, 0.3) is 0 Å². The summed E-state index contributed by atoms with van der Waals surface area (Å²) < 4.78 is 19.5. The number of hydroxylamine groups is 1. The number of rotatable bonds is 8. The number of hydrogen-bond donors (Lipinski definition) is 3. The van der Waals surface area contributed by atoms with Crippen LogP contribution in [-0.4, -0.2) is 39.9 Å². The second-order valence-corrected chi connectivity index (χ2v) is 8.66. The van der Waals surface area contributed by atoms with Gasteiger partial charge >= 0.3 is 0 Å². The van der Waals surface area contributed by atoms with Gasteiger partial charge in [0.05, 0.1) is 36.2 Å². The van der Waals surface area contributed by atoms with E-state index >= 15 is 0 Å². The third-order valence-corrected chi connectivity index (χ3v) is 5.36. The molecule has 168 valence electrons. The van der Waals surface area contributed by atoms with Gasteiger partial charge in [-0.15, -0.1) is 0 Å². The summed E-state index contributed by atoms with van der Waals surface area (Å²) in [4.78, 5) is 19.1. The molecule has 1 aliphatic rings. The van der Waals surface area contributed by atoms with E-state index in [2.05, 4.69) is 31.4 Å². The van der Waals surface area contributed by atoms with E-state index in [1.807, 2.05) is 6.92 Å². The Labute approximate surface area is 189 Å². The fraction of sp³-hybridized carbons (Fsp3) is 0.476. The highest BCUT2D eigenvalue weighted by Gasteiger charge is 2.27. The fourth-order valence-electron chi connectivity index (χ4n) is 3.31. The molecule has 31 heavy (non-hydrogen) atoms. The number of anilines is 1. The highest BCUT2D eigenvalue weighted by atomic mass is 79.9. The van der Waals surface area contributed by atoms with E-state index in [0.29, 0.717) is 35.6 Å². The number of nitrogens with one attached hydrogen (secondary N) is 1. The average molecular weight is 496 g/mol. The first-order valence-electron chi connectivity index (χ1n) is 10.0. The van der Waals surface area contributed by atoms with Crippen molar-refractivity contribution in [2.45, 2.75) is 51.9 Å². The molecule has 10 heteroatoms. The Hall–Kier alpha value is -2.14. The molecule has 0 radical (unpaired) electrons. The largest absolute Gasteiger partial charge is 0.368 e. The van der Waals surface area contributed by atoms with Gasteiger partial charge in [-0.2, -0.15) is 0 Å². The minimum absolute atomic E-state index is 0.196. The molecule has 4 N–H and O–H groups in total. The lowest BCUT2D eigenvalue weighted by Crippen LogP contribution is -2.32. The van der Waals surface area contributed by atoms with Crippen molar-refractivity contribution in [3.63, 3.8) is 0 Å². The molecule has 1 aromatic heterocycles. The Balaban J connectivity index is 1.72. The lowest BCUT2D eigenvalue weighted by molar-refractivity contribution is -0.176. The zero-order chi connectivity index (χ0) is 22.6. The molecule has 0 saturated carbocycles. The molecule has 0 saturated heterocycles. The summed E-state index contributed by atoms with van der Waals surface area (Å²) in [7, 11) is 0. The van der Waals surface area contributed by atoms with Gasteiger partial charge in [0.2, 0.25) is 5.95 Å². The SMILES string of the molecule is Cc1nc(N)nc2c1C(NOCCCCOC(C)(C)O)=NC(c1ccc(F)cc1Br)C2. The molecule has 1 aliphatic heterocycles. The first kappa shape index (κ1) is 23.5. The highest BCUT2D eigenvalue weighted by Crippen LogP contribution is 2.34. The van der Waals surface area contributed by atoms with Gasteiger partial charge in [0, 0.05) is 10.9 Å². The number of halogens is 2. The zero-order valence-electron chi connectivity index (χ0n) is 17.8.